The molecule has 1 heterocycles. The SMILES string of the molecule is CC(=O)NC1(C(=O)NCC(c2cccc(F)c2)N2CCOCC2)CCCCC1. The van der Waals surface area contributed by atoms with Crippen molar-refractivity contribution in [3.8, 4) is 0 Å². The number of amides is 2. The largest absolute Gasteiger partial charge is 0.379 e. The summed E-state index contributed by atoms with van der Waals surface area (Å²) in [4.78, 5) is 27.0. The zero-order valence-corrected chi connectivity index (χ0v) is 16.5. The molecule has 7 heteroatoms. The first-order valence-corrected chi connectivity index (χ1v) is 10.1. The number of hydrogen-bond donors (Lipinski definition) is 2. The lowest BCUT2D eigenvalue weighted by atomic mass is 9.80. The van der Waals surface area contributed by atoms with Crippen molar-refractivity contribution < 1.29 is 18.7 Å². The number of morpholine rings is 1. The first-order chi connectivity index (χ1) is 13.5. The number of nitrogens with zero attached hydrogens (tertiary/aromatic N) is 1. The molecule has 1 atom stereocenters. The fourth-order valence-corrected chi connectivity index (χ4v) is 4.32. The van der Waals surface area contributed by atoms with E-state index in [2.05, 4.69) is 15.5 Å². The number of carbonyl (C=O) groups excluding carboxylic acids is 2. The van der Waals surface area contributed by atoms with E-state index in [0.29, 0.717) is 32.6 Å². The number of benzene rings is 1. The maximum atomic E-state index is 13.8. The van der Waals surface area contributed by atoms with Crippen LogP contribution in [0.5, 0.6) is 0 Å². The minimum Gasteiger partial charge on any atom is -0.379 e. The van der Waals surface area contributed by atoms with Gasteiger partial charge in [-0.2, -0.15) is 0 Å². The Bertz CT molecular complexity index is 685. The standard InChI is InChI=1S/C21H30FN3O3/c1-16(26)24-21(8-3-2-4-9-21)20(27)23-15-19(25-10-12-28-13-11-25)17-6-5-7-18(22)14-17/h5-7,14,19H,2-4,8-13,15H2,1H3,(H,23,27)(H,24,26). The maximum absolute atomic E-state index is 13.8. The molecule has 2 fully saturated rings. The smallest absolute Gasteiger partial charge is 0.245 e. The molecule has 0 aromatic heterocycles. The molecule has 2 N–H and O–H groups in total. The molecule has 0 spiro atoms. The minimum absolute atomic E-state index is 0.137. The summed E-state index contributed by atoms with van der Waals surface area (Å²) in [7, 11) is 0. The van der Waals surface area contributed by atoms with E-state index in [0.717, 1.165) is 37.9 Å². The summed E-state index contributed by atoms with van der Waals surface area (Å²) in [5.74, 6) is -0.618. The van der Waals surface area contributed by atoms with Crippen molar-refractivity contribution in [1.29, 1.82) is 0 Å². The summed E-state index contributed by atoms with van der Waals surface area (Å²) < 4.78 is 19.3. The second-order valence-electron chi connectivity index (χ2n) is 7.75. The van der Waals surface area contributed by atoms with E-state index >= 15 is 0 Å². The van der Waals surface area contributed by atoms with Gasteiger partial charge in [0.2, 0.25) is 11.8 Å². The molecule has 3 rings (SSSR count). The fourth-order valence-electron chi connectivity index (χ4n) is 4.32. The molecular formula is C21H30FN3O3. The van der Waals surface area contributed by atoms with Crippen LogP contribution in [0.25, 0.3) is 0 Å². The summed E-state index contributed by atoms with van der Waals surface area (Å²) in [6.45, 7) is 4.52. The number of rotatable bonds is 6. The number of hydrogen-bond acceptors (Lipinski definition) is 4. The van der Waals surface area contributed by atoms with E-state index in [-0.39, 0.29) is 23.7 Å². The third-order valence-electron chi connectivity index (χ3n) is 5.73. The van der Waals surface area contributed by atoms with Crippen molar-refractivity contribution in [2.75, 3.05) is 32.8 Å². The van der Waals surface area contributed by atoms with Crippen LogP contribution >= 0.6 is 0 Å². The summed E-state index contributed by atoms with van der Waals surface area (Å²) >= 11 is 0. The van der Waals surface area contributed by atoms with Gasteiger partial charge in [0, 0.05) is 26.6 Å². The Morgan fingerprint density at radius 1 is 1.21 bits per heavy atom. The summed E-state index contributed by atoms with van der Waals surface area (Å²) in [5, 5.41) is 5.96. The van der Waals surface area contributed by atoms with E-state index in [4.69, 9.17) is 4.74 Å². The normalized spacial score (nSPS) is 20.9. The van der Waals surface area contributed by atoms with Gasteiger partial charge in [-0.05, 0) is 30.5 Å². The van der Waals surface area contributed by atoms with Crippen molar-refractivity contribution in [3.05, 3.63) is 35.6 Å². The Labute approximate surface area is 165 Å². The van der Waals surface area contributed by atoms with Gasteiger partial charge in [-0.3, -0.25) is 14.5 Å². The van der Waals surface area contributed by atoms with Crippen molar-refractivity contribution in [3.63, 3.8) is 0 Å². The number of halogens is 1. The molecular weight excluding hydrogens is 361 g/mol. The van der Waals surface area contributed by atoms with Gasteiger partial charge in [0.1, 0.15) is 11.4 Å². The predicted octanol–water partition coefficient (Wildman–Crippen LogP) is 2.15. The van der Waals surface area contributed by atoms with Gasteiger partial charge < -0.3 is 15.4 Å². The van der Waals surface area contributed by atoms with Crippen molar-refractivity contribution >= 4 is 11.8 Å². The highest BCUT2D eigenvalue weighted by atomic mass is 19.1. The average molecular weight is 391 g/mol. The molecule has 1 saturated carbocycles. The van der Waals surface area contributed by atoms with E-state index < -0.39 is 5.54 Å². The van der Waals surface area contributed by atoms with E-state index in [1.54, 1.807) is 6.07 Å². The quantitative estimate of drug-likeness (QED) is 0.780. The lowest BCUT2D eigenvalue weighted by molar-refractivity contribution is -0.134. The Kier molecular flexibility index (Phi) is 7.02. The summed E-state index contributed by atoms with van der Waals surface area (Å²) in [5.41, 5.74) is 0.00103. The van der Waals surface area contributed by atoms with E-state index in [1.807, 2.05) is 6.07 Å². The first kappa shape index (κ1) is 20.7. The highest BCUT2D eigenvalue weighted by Crippen LogP contribution is 2.29. The van der Waals surface area contributed by atoms with Gasteiger partial charge in [-0.1, -0.05) is 31.4 Å². The van der Waals surface area contributed by atoms with Gasteiger partial charge in [0.15, 0.2) is 0 Å². The van der Waals surface area contributed by atoms with Crippen molar-refractivity contribution in [2.24, 2.45) is 0 Å². The summed E-state index contributed by atoms with van der Waals surface area (Å²) in [6, 6.07) is 6.39. The van der Waals surface area contributed by atoms with Crippen LogP contribution in [0.2, 0.25) is 0 Å². The van der Waals surface area contributed by atoms with Crippen LogP contribution in [0.4, 0.5) is 4.39 Å². The maximum Gasteiger partial charge on any atom is 0.245 e. The number of nitrogens with one attached hydrogen (secondary N) is 2. The van der Waals surface area contributed by atoms with Crippen LogP contribution in [-0.2, 0) is 14.3 Å². The Morgan fingerprint density at radius 3 is 2.57 bits per heavy atom. The molecule has 0 bridgehead atoms. The van der Waals surface area contributed by atoms with Crippen LogP contribution in [0.15, 0.2) is 24.3 Å². The van der Waals surface area contributed by atoms with Crippen molar-refractivity contribution in [2.45, 2.75) is 50.6 Å². The van der Waals surface area contributed by atoms with Gasteiger partial charge >= 0.3 is 0 Å². The molecule has 2 amide bonds. The van der Waals surface area contributed by atoms with E-state index in [1.165, 1.54) is 19.1 Å². The van der Waals surface area contributed by atoms with Crippen LogP contribution in [0, 0.1) is 5.82 Å². The molecule has 6 nitrogen and oxygen atoms in total. The molecule has 1 aromatic carbocycles. The molecule has 1 unspecified atom stereocenters. The average Bonchev–Trinajstić information content (AvgIpc) is 2.69. The molecule has 28 heavy (non-hydrogen) atoms. The summed E-state index contributed by atoms with van der Waals surface area (Å²) in [6.07, 6.45) is 4.23. The molecule has 154 valence electrons. The predicted molar refractivity (Wildman–Crippen MR) is 104 cm³/mol. The zero-order chi connectivity index (χ0) is 20.0. The number of carbonyl (C=O) groups is 2. The van der Waals surface area contributed by atoms with E-state index in [9.17, 15) is 14.0 Å². The second-order valence-corrected chi connectivity index (χ2v) is 7.75. The molecule has 1 saturated heterocycles. The fraction of sp³-hybridized carbons (Fsp3) is 0.619. The van der Waals surface area contributed by atoms with Gasteiger partial charge in [-0.15, -0.1) is 0 Å². The second kappa shape index (κ2) is 9.47. The van der Waals surface area contributed by atoms with Crippen LogP contribution in [0.3, 0.4) is 0 Å². The molecule has 1 aliphatic carbocycles. The Hall–Kier alpha value is -1.99. The third-order valence-corrected chi connectivity index (χ3v) is 5.73. The van der Waals surface area contributed by atoms with Crippen molar-refractivity contribution in [1.82, 2.24) is 15.5 Å². The number of ether oxygens (including phenoxy) is 1. The minimum atomic E-state index is -0.832. The van der Waals surface area contributed by atoms with Crippen LogP contribution in [0.1, 0.15) is 50.6 Å². The Morgan fingerprint density at radius 2 is 1.93 bits per heavy atom. The zero-order valence-electron chi connectivity index (χ0n) is 16.5. The highest BCUT2D eigenvalue weighted by Gasteiger charge is 2.40. The third kappa shape index (κ3) is 5.08. The highest BCUT2D eigenvalue weighted by molar-refractivity contribution is 5.91. The van der Waals surface area contributed by atoms with Gasteiger partial charge in [0.05, 0.1) is 19.3 Å². The topological polar surface area (TPSA) is 70.7 Å². The van der Waals surface area contributed by atoms with Gasteiger partial charge in [0.25, 0.3) is 0 Å². The van der Waals surface area contributed by atoms with Crippen LogP contribution in [-0.4, -0.2) is 55.1 Å². The molecule has 0 radical (unpaired) electrons. The van der Waals surface area contributed by atoms with Crippen LogP contribution < -0.4 is 10.6 Å². The van der Waals surface area contributed by atoms with Gasteiger partial charge in [-0.25, -0.2) is 4.39 Å². The molecule has 1 aliphatic heterocycles. The first-order valence-electron chi connectivity index (χ1n) is 10.1. The lowest BCUT2D eigenvalue weighted by Crippen LogP contribution is -2.60. The molecule has 2 aliphatic rings. The molecule has 1 aromatic rings. The lowest BCUT2D eigenvalue weighted by Gasteiger charge is -2.38. The Balaban J connectivity index is 1.74. The monoisotopic (exact) mass is 391 g/mol.